The fourth-order valence-electron chi connectivity index (χ4n) is 2.51. The molecule has 6 heteroatoms. The number of anilines is 1. The second-order valence-corrected chi connectivity index (χ2v) is 5.90. The van der Waals surface area contributed by atoms with Gasteiger partial charge in [-0.05, 0) is 12.1 Å². The first-order chi connectivity index (χ1) is 13.2. The zero-order valence-electron chi connectivity index (χ0n) is 15.2. The van der Waals surface area contributed by atoms with Crippen LogP contribution in [0.4, 0.5) is 5.69 Å². The van der Waals surface area contributed by atoms with Gasteiger partial charge in [0.15, 0.2) is 11.7 Å². The van der Waals surface area contributed by atoms with E-state index in [9.17, 15) is 4.79 Å². The van der Waals surface area contributed by atoms with E-state index in [4.69, 9.17) is 13.9 Å². The number of rotatable bonds is 9. The lowest BCUT2D eigenvalue weighted by Crippen LogP contribution is -2.12. The summed E-state index contributed by atoms with van der Waals surface area (Å²) in [6, 6.07) is 17.0. The quantitative estimate of drug-likeness (QED) is 0.581. The summed E-state index contributed by atoms with van der Waals surface area (Å²) in [5.74, 6) is 1.82. The number of aryl methyl sites for hydroxylation is 1. The normalized spacial score (nSPS) is 10.6. The van der Waals surface area contributed by atoms with Gasteiger partial charge in [0.1, 0.15) is 12.4 Å². The first-order valence-corrected chi connectivity index (χ1v) is 8.76. The number of ether oxygens (including phenoxy) is 2. The van der Waals surface area contributed by atoms with Crippen LogP contribution in [0.5, 0.6) is 5.75 Å². The van der Waals surface area contributed by atoms with Crippen LogP contribution in [0.15, 0.2) is 65.2 Å². The van der Waals surface area contributed by atoms with Crippen molar-refractivity contribution in [2.24, 2.45) is 0 Å². The van der Waals surface area contributed by atoms with Crippen molar-refractivity contribution in [3.63, 3.8) is 0 Å². The molecule has 1 amide bonds. The summed E-state index contributed by atoms with van der Waals surface area (Å²) in [6.45, 7) is 0.972. The fourth-order valence-corrected chi connectivity index (χ4v) is 2.51. The lowest BCUT2D eigenvalue weighted by Gasteiger charge is -2.08. The second kappa shape index (κ2) is 9.54. The van der Waals surface area contributed by atoms with Crippen molar-refractivity contribution in [1.82, 2.24) is 4.98 Å². The van der Waals surface area contributed by atoms with Crippen molar-refractivity contribution < 1.29 is 18.7 Å². The van der Waals surface area contributed by atoms with Crippen LogP contribution in [-0.2, 0) is 16.0 Å². The van der Waals surface area contributed by atoms with E-state index in [0.717, 1.165) is 5.56 Å². The van der Waals surface area contributed by atoms with E-state index in [-0.39, 0.29) is 12.3 Å². The van der Waals surface area contributed by atoms with E-state index in [1.165, 1.54) is 0 Å². The largest absolute Gasteiger partial charge is 0.491 e. The van der Waals surface area contributed by atoms with Crippen LogP contribution in [0, 0.1) is 0 Å². The van der Waals surface area contributed by atoms with Crippen LogP contribution < -0.4 is 10.1 Å². The first-order valence-electron chi connectivity index (χ1n) is 8.76. The molecule has 1 N–H and O–H groups in total. The molecule has 0 radical (unpaired) electrons. The Morgan fingerprint density at radius 1 is 1.11 bits per heavy atom. The van der Waals surface area contributed by atoms with E-state index in [1.807, 2.05) is 48.5 Å². The molecule has 0 atom stereocenters. The third-order valence-corrected chi connectivity index (χ3v) is 3.85. The number of carbonyl (C=O) groups excluding carboxylic acids is 1. The highest BCUT2D eigenvalue weighted by molar-refractivity contribution is 5.90. The molecule has 0 aliphatic carbocycles. The Kier molecular flexibility index (Phi) is 6.60. The molecule has 3 aromatic rings. The van der Waals surface area contributed by atoms with Crippen LogP contribution in [0.3, 0.4) is 0 Å². The summed E-state index contributed by atoms with van der Waals surface area (Å²) in [5, 5.41) is 2.86. The van der Waals surface area contributed by atoms with Gasteiger partial charge in [-0.1, -0.05) is 36.4 Å². The monoisotopic (exact) mass is 366 g/mol. The Hall–Kier alpha value is -3.12. The minimum atomic E-state index is -0.108. The summed E-state index contributed by atoms with van der Waals surface area (Å²) in [7, 11) is 1.62. The van der Waals surface area contributed by atoms with Crippen molar-refractivity contribution in [2.45, 2.75) is 12.8 Å². The number of amides is 1. The van der Waals surface area contributed by atoms with Gasteiger partial charge in [0.25, 0.3) is 0 Å². The number of aromatic nitrogens is 1. The Morgan fingerprint density at radius 2 is 1.96 bits per heavy atom. The molecule has 0 spiro atoms. The molecular weight excluding hydrogens is 344 g/mol. The predicted molar refractivity (Wildman–Crippen MR) is 103 cm³/mol. The van der Waals surface area contributed by atoms with Crippen LogP contribution >= 0.6 is 0 Å². The fraction of sp³-hybridized carbons (Fsp3) is 0.238. The van der Waals surface area contributed by atoms with E-state index in [1.54, 1.807) is 19.4 Å². The molecule has 27 heavy (non-hydrogen) atoms. The molecule has 140 valence electrons. The average molecular weight is 366 g/mol. The van der Waals surface area contributed by atoms with Gasteiger partial charge in [-0.2, -0.15) is 0 Å². The molecule has 1 aromatic heterocycles. The number of nitrogens with one attached hydrogen (secondary N) is 1. The molecule has 3 rings (SSSR count). The van der Waals surface area contributed by atoms with Gasteiger partial charge < -0.3 is 19.2 Å². The maximum Gasteiger partial charge on any atom is 0.224 e. The predicted octanol–water partition coefficient (Wildman–Crippen LogP) is 3.94. The highest BCUT2D eigenvalue weighted by Crippen LogP contribution is 2.21. The Bertz CT molecular complexity index is 861. The number of carbonyl (C=O) groups is 1. The lowest BCUT2D eigenvalue weighted by molar-refractivity contribution is -0.116. The molecule has 1 heterocycles. The van der Waals surface area contributed by atoms with Crippen molar-refractivity contribution in [3.05, 3.63) is 66.7 Å². The molecule has 0 unspecified atom stereocenters. The van der Waals surface area contributed by atoms with Crippen molar-refractivity contribution in [2.75, 3.05) is 25.6 Å². The summed E-state index contributed by atoms with van der Waals surface area (Å²) in [6.07, 6.45) is 2.40. The highest BCUT2D eigenvalue weighted by atomic mass is 16.5. The molecule has 0 fully saturated rings. The SMILES string of the molecule is COCCOc1cccc(NC(=O)CCc2ncc(-c3ccccc3)o2)c1. The number of oxazole rings is 1. The van der Waals surface area contributed by atoms with Gasteiger partial charge in [0, 0.05) is 37.3 Å². The zero-order valence-corrected chi connectivity index (χ0v) is 15.2. The Balaban J connectivity index is 1.50. The summed E-state index contributed by atoms with van der Waals surface area (Å²) in [5.41, 5.74) is 1.65. The van der Waals surface area contributed by atoms with Crippen molar-refractivity contribution >= 4 is 11.6 Å². The van der Waals surface area contributed by atoms with Gasteiger partial charge in [-0.3, -0.25) is 4.79 Å². The van der Waals surface area contributed by atoms with Crippen molar-refractivity contribution in [1.29, 1.82) is 0 Å². The number of hydrogen-bond donors (Lipinski definition) is 1. The maximum absolute atomic E-state index is 12.2. The topological polar surface area (TPSA) is 73.6 Å². The third-order valence-electron chi connectivity index (χ3n) is 3.85. The third kappa shape index (κ3) is 5.69. The Morgan fingerprint density at radius 3 is 2.78 bits per heavy atom. The first kappa shape index (κ1) is 18.7. The van der Waals surface area contributed by atoms with Gasteiger partial charge in [-0.25, -0.2) is 4.98 Å². The van der Waals surface area contributed by atoms with E-state index in [2.05, 4.69) is 10.3 Å². The number of nitrogens with zero attached hydrogens (tertiary/aromatic N) is 1. The zero-order chi connectivity index (χ0) is 18.9. The molecule has 0 saturated carbocycles. The Labute approximate surface area is 158 Å². The van der Waals surface area contributed by atoms with Crippen molar-refractivity contribution in [3.8, 4) is 17.1 Å². The van der Waals surface area contributed by atoms with E-state index < -0.39 is 0 Å². The van der Waals surface area contributed by atoms with Crippen LogP contribution in [-0.4, -0.2) is 31.2 Å². The van der Waals surface area contributed by atoms with Gasteiger partial charge in [0.05, 0.1) is 12.8 Å². The van der Waals surface area contributed by atoms with E-state index in [0.29, 0.717) is 42.7 Å². The minimum absolute atomic E-state index is 0.108. The molecule has 0 aliphatic heterocycles. The number of hydrogen-bond acceptors (Lipinski definition) is 5. The molecule has 2 aromatic carbocycles. The average Bonchev–Trinajstić information content (AvgIpc) is 3.17. The maximum atomic E-state index is 12.2. The van der Waals surface area contributed by atoms with Gasteiger partial charge in [-0.15, -0.1) is 0 Å². The molecular formula is C21H22N2O4. The van der Waals surface area contributed by atoms with Gasteiger partial charge in [0.2, 0.25) is 5.91 Å². The molecule has 6 nitrogen and oxygen atoms in total. The highest BCUT2D eigenvalue weighted by Gasteiger charge is 2.09. The lowest BCUT2D eigenvalue weighted by atomic mass is 10.2. The molecule has 0 saturated heterocycles. The summed E-state index contributed by atoms with van der Waals surface area (Å²) < 4.78 is 16.2. The second-order valence-electron chi connectivity index (χ2n) is 5.90. The molecule has 0 bridgehead atoms. The number of methoxy groups -OCH3 is 1. The van der Waals surface area contributed by atoms with Gasteiger partial charge >= 0.3 is 0 Å². The number of benzene rings is 2. The minimum Gasteiger partial charge on any atom is -0.491 e. The van der Waals surface area contributed by atoms with E-state index >= 15 is 0 Å². The summed E-state index contributed by atoms with van der Waals surface area (Å²) in [4.78, 5) is 16.4. The summed E-state index contributed by atoms with van der Waals surface area (Å²) >= 11 is 0. The standard InChI is InChI=1S/C21H22N2O4/c1-25-12-13-26-18-9-5-8-17(14-18)23-20(24)10-11-21-22-15-19(27-21)16-6-3-2-4-7-16/h2-9,14-15H,10-13H2,1H3,(H,23,24). The van der Waals surface area contributed by atoms with Crippen LogP contribution in [0.25, 0.3) is 11.3 Å². The molecule has 0 aliphatic rings. The smallest absolute Gasteiger partial charge is 0.224 e. The van der Waals surface area contributed by atoms with Crippen LogP contribution in [0.1, 0.15) is 12.3 Å². The van der Waals surface area contributed by atoms with Crippen LogP contribution in [0.2, 0.25) is 0 Å².